The largest absolute Gasteiger partial charge is 0.481 e. The normalized spacial score (nSPS) is 10.2. The first-order valence-corrected chi connectivity index (χ1v) is 11.4. The van der Waals surface area contributed by atoms with Crippen LogP contribution in [0.15, 0.2) is 53.0 Å². The van der Waals surface area contributed by atoms with Crippen molar-refractivity contribution < 1.29 is 29.4 Å². The fourth-order valence-electron chi connectivity index (χ4n) is 2.33. The van der Waals surface area contributed by atoms with Gasteiger partial charge in [-0.05, 0) is 67.8 Å². The predicted octanol–water partition coefficient (Wildman–Crippen LogP) is 3.61. The highest BCUT2D eigenvalue weighted by Crippen LogP contribution is 2.10. The Morgan fingerprint density at radius 3 is 2.06 bits per heavy atom. The summed E-state index contributed by atoms with van der Waals surface area (Å²) in [6.07, 6.45) is 3.36. The molecule has 0 spiro atoms. The second kappa shape index (κ2) is 20.3. The molecule has 194 valence electrons. The van der Waals surface area contributed by atoms with Gasteiger partial charge in [-0.3, -0.25) is 19.2 Å². The molecule has 0 fully saturated rings. The van der Waals surface area contributed by atoms with Gasteiger partial charge in [0.15, 0.2) is 0 Å². The van der Waals surface area contributed by atoms with E-state index in [-0.39, 0.29) is 18.5 Å². The van der Waals surface area contributed by atoms with E-state index in [1.54, 1.807) is 36.4 Å². The standard InChI is InChI=1S/C11H13NO2.C8H7BrO2.C5H12N2O2.H3N/c1-2-3-11(14)12-10-6-4-9(8-13)5-7-10;9-7-3-1-6(2-4-7)5-8(10)11;6-3-1-2-4(7)5(8)9;/h4-8H,2-3H2,1H3,(H,12,14);1-4H,5H2,(H,10,11);4H,1-3,6-7H2,(H,8,9);1H3/t;;4-;/m..0./s1. The molecule has 35 heavy (non-hydrogen) atoms. The molecule has 11 heteroatoms. The zero-order valence-electron chi connectivity index (χ0n) is 19.8. The molecule has 10 N–H and O–H groups in total. The number of nitrogens with two attached hydrogens (primary N) is 2. The first-order valence-electron chi connectivity index (χ1n) is 10.6. The van der Waals surface area contributed by atoms with E-state index >= 15 is 0 Å². The molecule has 0 aliphatic carbocycles. The topological polar surface area (TPSA) is 208 Å². The number of hydrogen-bond donors (Lipinski definition) is 6. The molecule has 0 saturated carbocycles. The maximum absolute atomic E-state index is 11.2. The number of aliphatic carboxylic acids is 2. The summed E-state index contributed by atoms with van der Waals surface area (Å²) in [5.74, 6) is -1.75. The molecular formula is C24H35BrN4O6. The molecule has 1 amide bonds. The average Bonchev–Trinajstić information content (AvgIpc) is 2.80. The van der Waals surface area contributed by atoms with Gasteiger partial charge in [-0.2, -0.15) is 0 Å². The predicted molar refractivity (Wildman–Crippen MR) is 140 cm³/mol. The highest BCUT2D eigenvalue weighted by molar-refractivity contribution is 9.10. The van der Waals surface area contributed by atoms with Crippen LogP contribution in [0.4, 0.5) is 5.69 Å². The molecule has 0 bridgehead atoms. The van der Waals surface area contributed by atoms with Crippen LogP contribution in [0.3, 0.4) is 0 Å². The summed E-state index contributed by atoms with van der Waals surface area (Å²) in [4.78, 5) is 41.8. The Labute approximate surface area is 213 Å². The smallest absolute Gasteiger partial charge is 0.320 e. The second-order valence-electron chi connectivity index (χ2n) is 7.11. The Balaban J connectivity index is 0. The van der Waals surface area contributed by atoms with Gasteiger partial charge in [-0.15, -0.1) is 0 Å². The van der Waals surface area contributed by atoms with Crippen LogP contribution in [-0.2, 0) is 20.8 Å². The molecule has 0 aromatic heterocycles. The Hall–Kier alpha value is -3.12. The summed E-state index contributed by atoms with van der Waals surface area (Å²) >= 11 is 3.26. The molecule has 2 rings (SSSR count). The number of carbonyl (C=O) groups excluding carboxylic acids is 2. The van der Waals surface area contributed by atoms with Crippen LogP contribution in [0.2, 0.25) is 0 Å². The van der Waals surface area contributed by atoms with Crippen LogP contribution in [-0.4, -0.2) is 46.9 Å². The van der Waals surface area contributed by atoms with Crippen LogP contribution in [0.5, 0.6) is 0 Å². The quantitative estimate of drug-likeness (QED) is 0.236. The van der Waals surface area contributed by atoms with Crippen molar-refractivity contribution in [3.05, 3.63) is 64.1 Å². The number of carboxylic acid groups (broad SMARTS) is 2. The van der Waals surface area contributed by atoms with E-state index in [0.717, 1.165) is 28.4 Å². The maximum atomic E-state index is 11.2. The third-order valence-corrected chi connectivity index (χ3v) is 4.64. The fraction of sp³-hybridized carbons (Fsp3) is 0.333. The van der Waals surface area contributed by atoms with Gasteiger partial charge in [0.1, 0.15) is 12.3 Å². The number of aldehydes is 1. The van der Waals surface area contributed by atoms with Crippen LogP contribution in [0.1, 0.15) is 48.5 Å². The second-order valence-corrected chi connectivity index (χ2v) is 8.03. The van der Waals surface area contributed by atoms with Crippen LogP contribution < -0.4 is 22.9 Å². The number of anilines is 1. The lowest BCUT2D eigenvalue weighted by molar-refractivity contribution is -0.139. The van der Waals surface area contributed by atoms with Gasteiger partial charge >= 0.3 is 11.9 Å². The molecule has 0 radical (unpaired) electrons. The van der Waals surface area contributed by atoms with Crippen molar-refractivity contribution in [2.45, 2.75) is 45.1 Å². The third-order valence-electron chi connectivity index (χ3n) is 4.11. The molecule has 10 nitrogen and oxygen atoms in total. The van der Waals surface area contributed by atoms with Gasteiger partial charge in [0.2, 0.25) is 5.91 Å². The van der Waals surface area contributed by atoms with E-state index in [1.165, 1.54) is 0 Å². The molecule has 0 saturated heterocycles. The van der Waals surface area contributed by atoms with Gasteiger partial charge < -0.3 is 33.1 Å². The highest BCUT2D eigenvalue weighted by Gasteiger charge is 2.08. The van der Waals surface area contributed by atoms with Crippen molar-refractivity contribution in [1.29, 1.82) is 0 Å². The highest BCUT2D eigenvalue weighted by atomic mass is 79.9. The number of benzene rings is 2. The maximum Gasteiger partial charge on any atom is 0.320 e. The molecular weight excluding hydrogens is 520 g/mol. The first-order chi connectivity index (χ1) is 16.1. The Morgan fingerprint density at radius 2 is 1.63 bits per heavy atom. The van der Waals surface area contributed by atoms with E-state index in [2.05, 4.69) is 21.2 Å². The van der Waals surface area contributed by atoms with Crippen LogP contribution in [0, 0.1) is 0 Å². The molecule has 0 aliphatic heterocycles. The lowest BCUT2D eigenvalue weighted by Crippen LogP contribution is -2.30. The summed E-state index contributed by atoms with van der Waals surface area (Å²) in [6.45, 7) is 2.45. The Bertz CT molecular complexity index is 892. The van der Waals surface area contributed by atoms with Gasteiger partial charge in [-0.25, -0.2) is 0 Å². The van der Waals surface area contributed by atoms with Crippen molar-refractivity contribution in [2.75, 3.05) is 11.9 Å². The van der Waals surface area contributed by atoms with Crippen molar-refractivity contribution in [1.82, 2.24) is 6.15 Å². The lowest BCUT2D eigenvalue weighted by Gasteiger charge is -2.03. The zero-order valence-corrected chi connectivity index (χ0v) is 21.4. The molecule has 2 aromatic carbocycles. The number of nitrogens with one attached hydrogen (secondary N) is 1. The van der Waals surface area contributed by atoms with Crippen molar-refractivity contribution >= 4 is 45.7 Å². The van der Waals surface area contributed by atoms with E-state index in [4.69, 9.17) is 21.7 Å². The van der Waals surface area contributed by atoms with Gasteiger partial charge in [0.05, 0.1) is 6.42 Å². The number of halogens is 1. The van der Waals surface area contributed by atoms with Crippen molar-refractivity contribution in [3.63, 3.8) is 0 Å². The number of hydrogen-bond acceptors (Lipinski definition) is 7. The van der Waals surface area contributed by atoms with Gasteiger partial charge in [0.25, 0.3) is 0 Å². The van der Waals surface area contributed by atoms with E-state index in [9.17, 15) is 19.2 Å². The van der Waals surface area contributed by atoms with E-state index in [1.807, 2.05) is 19.1 Å². The van der Waals surface area contributed by atoms with Gasteiger partial charge in [-0.1, -0.05) is 35.0 Å². The Kier molecular flexibility index (Phi) is 19.7. The fourth-order valence-corrected chi connectivity index (χ4v) is 2.60. The molecule has 0 unspecified atom stereocenters. The summed E-state index contributed by atoms with van der Waals surface area (Å²) in [5.41, 5.74) is 12.4. The summed E-state index contributed by atoms with van der Waals surface area (Å²) < 4.78 is 0.964. The zero-order chi connectivity index (χ0) is 25.9. The third kappa shape index (κ3) is 17.9. The van der Waals surface area contributed by atoms with Crippen molar-refractivity contribution in [3.8, 4) is 0 Å². The number of carbonyl (C=O) groups is 4. The summed E-state index contributed by atoms with van der Waals surface area (Å²) in [5, 5.41) is 19.4. The summed E-state index contributed by atoms with van der Waals surface area (Å²) in [6, 6.07) is 13.3. The minimum Gasteiger partial charge on any atom is -0.481 e. The van der Waals surface area contributed by atoms with E-state index in [0.29, 0.717) is 31.4 Å². The SMILES string of the molecule is CCCC(=O)Nc1ccc(C=O)cc1.N.NCCC[C@H](N)C(=O)O.O=C(O)Cc1ccc(Br)cc1. The average molecular weight is 555 g/mol. The minimum atomic E-state index is -0.955. The molecule has 0 aliphatic rings. The first kappa shape index (κ1) is 34.0. The molecule has 2 aromatic rings. The van der Waals surface area contributed by atoms with Crippen LogP contribution in [0.25, 0.3) is 0 Å². The van der Waals surface area contributed by atoms with Crippen LogP contribution >= 0.6 is 15.9 Å². The number of amides is 1. The van der Waals surface area contributed by atoms with Crippen molar-refractivity contribution in [2.24, 2.45) is 11.5 Å². The van der Waals surface area contributed by atoms with E-state index < -0.39 is 18.0 Å². The molecule has 1 atom stereocenters. The monoisotopic (exact) mass is 554 g/mol. The minimum absolute atomic E-state index is 0. The Morgan fingerprint density at radius 1 is 1.06 bits per heavy atom. The lowest BCUT2D eigenvalue weighted by atomic mass is 10.2. The molecule has 0 heterocycles. The summed E-state index contributed by atoms with van der Waals surface area (Å²) in [7, 11) is 0. The number of carboxylic acids is 2. The number of rotatable bonds is 10. The van der Waals surface area contributed by atoms with Gasteiger partial charge in [0, 0.05) is 22.1 Å².